The van der Waals surface area contributed by atoms with E-state index in [1.807, 2.05) is 24.3 Å². The molecule has 7 nitrogen and oxygen atoms in total. The number of rotatable bonds is 5. The van der Waals surface area contributed by atoms with Gasteiger partial charge in [0, 0.05) is 23.0 Å². The Hall–Kier alpha value is -3.58. The fourth-order valence-corrected chi connectivity index (χ4v) is 5.50. The third-order valence-corrected chi connectivity index (χ3v) is 7.14. The van der Waals surface area contributed by atoms with E-state index in [0.717, 1.165) is 37.4 Å². The van der Waals surface area contributed by atoms with E-state index in [0.29, 0.717) is 24.6 Å². The highest BCUT2D eigenvalue weighted by molar-refractivity contribution is 6.01. The lowest BCUT2D eigenvalue weighted by Crippen LogP contribution is -2.41. The minimum Gasteiger partial charge on any atom is -0.467 e. The molecule has 3 aromatic heterocycles. The van der Waals surface area contributed by atoms with Crippen LogP contribution in [0.15, 0.2) is 75.0 Å². The molecule has 174 valence electrons. The van der Waals surface area contributed by atoms with Gasteiger partial charge in [-0.2, -0.15) is 5.10 Å². The lowest BCUT2D eigenvalue weighted by molar-refractivity contribution is -0.134. The molecule has 1 aromatic carbocycles. The van der Waals surface area contributed by atoms with E-state index in [1.54, 1.807) is 17.5 Å². The molecule has 0 saturated carbocycles. The van der Waals surface area contributed by atoms with E-state index in [2.05, 4.69) is 46.2 Å². The Bertz CT molecular complexity index is 1310. The first-order valence-electron chi connectivity index (χ1n) is 11.9. The molecule has 0 radical (unpaired) electrons. The second-order valence-corrected chi connectivity index (χ2v) is 9.26. The number of benzene rings is 1. The van der Waals surface area contributed by atoms with E-state index in [4.69, 9.17) is 8.83 Å². The van der Waals surface area contributed by atoms with Crippen LogP contribution in [0.4, 0.5) is 0 Å². The molecule has 1 N–H and O–H groups in total. The normalized spacial score (nSPS) is 19.7. The molecule has 2 aliphatic rings. The predicted molar refractivity (Wildman–Crippen MR) is 130 cm³/mol. The number of carbonyl (C=O) groups excluding carboxylic acids is 1. The van der Waals surface area contributed by atoms with Crippen LogP contribution < -0.4 is 0 Å². The van der Waals surface area contributed by atoms with E-state index >= 15 is 0 Å². The first-order valence-corrected chi connectivity index (χ1v) is 11.9. The van der Waals surface area contributed by atoms with Gasteiger partial charge in [-0.3, -0.25) is 9.69 Å². The molecular formula is C27H28N4O3. The van der Waals surface area contributed by atoms with Crippen molar-refractivity contribution in [3.63, 3.8) is 0 Å². The number of hydrogen-bond acceptors (Lipinski definition) is 5. The Balaban J connectivity index is 1.15. The first-order chi connectivity index (χ1) is 16.7. The highest BCUT2D eigenvalue weighted by Crippen LogP contribution is 2.36. The van der Waals surface area contributed by atoms with E-state index in [-0.39, 0.29) is 11.9 Å². The fraction of sp³-hybridized carbons (Fsp3) is 0.333. The zero-order valence-electron chi connectivity index (χ0n) is 19.2. The van der Waals surface area contributed by atoms with Crippen molar-refractivity contribution in [1.82, 2.24) is 14.9 Å². The zero-order chi connectivity index (χ0) is 23.1. The van der Waals surface area contributed by atoms with Crippen LogP contribution in [0.5, 0.6) is 0 Å². The molecule has 0 bridgehead atoms. The van der Waals surface area contributed by atoms with Crippen molar-refractivity contribution < 1.29 is 13.6 Å². The molecule has 1 fully saturated rings. The smallest absolute Gasteiger partial charge is 0.257 e. The van der Waals surface area contributed by atoms with Gasteiger partial charge in [0.15, 0.2) is 0 Å². The van der Waals surface area contributed by atoms with Crippen LogP contribution in [0.3, 0.4) is 0 Å². The van der Waals surface area contributed by atoms with Gasteiger partial charge in [0.05, 0.1) is 19.1 Å². The van der Waals surface area contributed by atoms with Crippen molar-refractivity contribution >= 4 is 22.5 Å². The number of nitrogens with one attached hydrogen (secondary N) is 1. The number of aromatic nitrogens is 1. The van der Waals surface area contributed by atoms with Crippen molar-refractivity contribution in [3.8, 4) is 0 Å². The minimum atomic E-state index is -0.242. The highest BCUT2D eigenvalue weighted by Gasteiger charge is 2.36. The summed E-state index contributed by atoms with van der Waals surface area (Å²) in [4.78, 5) is 19.2. The summed E-state index contributed by atoms with van der Waals surface area (Å²) in [6.07, 6.45) is 5.93. The Morgan fingerprint density at radius 2 is 1.85 bits per heavy atom. The average molecular weight is 457 g/mol. The first kappa shape index (κ1) is 21.0. The molecule has 1 amide bonds. The molecule has 1 atom stereocenters. The van der Waals surface area contributed by atoms with Crippen LogP contribution in [0.2, 0.25) is 0 Å². The molecule has 6 rings (SSSR count). The summed E-state index contributed by atoms with van der Waals surface area (Å²) >= 11 is 0. The summed E-state index contributed by atoms with van der Waals surface area (Å²) < 4.78 is 11.2. The Labute approximate surface area is 198 Å². The number of hydrazone groups is 1. The van der Waals surface area contributed by atoms with Gasteiger partial charge >= 0.3 is 0 Å². The van der Waals surface area contributed by atoms with Crippen LogP contribution in [-0.4, -0.2) is 46.1 Å². The SMILES string of the molecule is Cc1[nH]c2ccccc2c1C1CCN(CC(=O)N2N=C(c3ccco3)CC2c2ccco2)CC1. The summed E-state index contributed by atoms with van der Waals surface area (Å²) in [5.41, 5.74) is 4.67. The standard InChI is InChI=1S/C27H28N4O3/c1-18-27(20-6-2-3-7-21(20)28-18)19-10-12-30(13-11-19)17-26(32)31-23(25-9-5-15-34-25)16-22(29-31)24-8-4-14-33-24/h2-9,14-15,19,23,28H,10-13,16-17H2,1H3. The molecule has 7 heteroatoms. The van der Waals surface area contributed by atoms with Gasteiger partial charge in [-0.25, -0.2) is 5.01 Å². The second kappa shape index (κ2) is 8.65. The van der Waals surface area contributed by atoms with Gasteiger partial charge in [0.2, 0.25) is 0 Å². The molecule has 5 heterocycles. The van der Waals surface area contributed by atoms with Crippen LogP contribution in [0.25, 0.3) is 10.9 Å². The largest absolute Gasteiger partial charge is 0.467 e. The van der Waals surface area contributed by atoms with Gasteiger partial charge in [-0.05, 0) is 74.7 Å². The van der Waals surface area contributed by atoms with Gasteiger partial charge in [0.1, 0.15) is 23.3 Å². The number of aryl methyl sites for hydroxylation is 1. The van der Waals surface area contributed by atoms with Crippen LogP contribution in [-0.2, 0) is 4.79 Å². The van der Waals surface area contributed by atoms with E-state index in [1.165, 1.54) is 22.2 Å². The maximum Gasteiger partial charge on any atom is 0.257 e. The number of aromatic amines is 1. The van der Waals surface area contributed by atoms with E-state index < -0.39 is 0 Å². The number of hydrogen-bond donors (Lipinski definition) is 1. The summed E-state index contributed by atoms with van der Waals surface area (Å²) in [5, 5.41) is 7.57. The number of likely N-dealkylation sites (tertiary alicyclic amines) is 1. The third-order valence-electron chi connectivity index (χ3n) is 7.14. The lowest BCUT2D eigenvalue weighted by atomic mass is 9.87. The quantitative estimate of drug-likeness (QED) is 0.447. The number of furan rings is 2. The summed E-state index contributed by atoms with van der Waals surface area (Å²) in [6.45, 7) is 4.31. The number of amides is 1. The van der Waals surface area contributed by atoms with Crippen molar-refractivity contribution in [2.75, 3.05) is 19.6 Å². The topological polar surface area (TPSA) is 78.0 Å². The monoisotopic (exact) mass is 456 g/mol. The van der Waals surface area contributed by atoms with Gasteiger partial charge < -0.3 is 13.8 Å². The van der Waals surface area contributed by atoms with Gasteiger partial charge in [-0.1, -0.05) is 18.2 Å². The summed E-state index contributed by atoms with van der Waals surface area (Å²) in [6, 6.07) is 15.8. The van der Waals surface area contributed by atoms with Crippen LogP contribution >= 0.6 is 0 Å². The molecule has 0 aliphatic carbocycles. The maximum absolute atomic E-state index is 13.4. The number of H-pyrrole nitrogens is 1. The zero-order valence-corrected chi connectivity index (χ0v) is 19.2. The van der Waals surface area contributed by atoms with Gasteiger partial charge in [0.25, 0.3) is 5.91 Å². The molecule has 4 aromatic rings. The fourth-order valence-electron chi connectivity index (χ4n) is 5.50. The molecular weight excluding hydrogens is 428 g/mol. The van der Waals surface area contributed by atoms with Crippen molar-refractivity contribution in [1.29, 1.82) is 0 Å². The Morgan fingerprint density at radius 1 is 1.06 bits per heavy atom. The Morgan fingerprint density at radius 3 is 2.62 bits per heavy atom. The van der Waals surface area contributed by atoms with E-state index in [9.17, 15) is 4.79 Å². The summed E-state index contributed by atoms with van der Waals surface area (Å²) in [5.74, 6) is 1.94. The molecule has 34 heavy (non-hydrogen) atoms. The third kappa shape index (κ3) is 3.76. The number of fused-ring (bicyclic) bond motifs is 1. The average Bonchev–Trinajstić information content (AvgIpc) is 3.65. The van der Waals surface area contributed by atoms with Crippen LogP contribution in [0, 0.1) is 6.92 Å². The number of carbonyl (C=O) groups is 1. The molecule has 1 saturated heterocycles. The van der Waals surface area contributed by atoms with Crippen molar-refractivity contribution in [3.05, 3.63) is 83.8 Å². The van der Waals surface area contributed by atoms with Gasteiger partial charge in [-0.15, -0.1) is 0 Å². The lowest BCUT2D eigenvalue weighted by Gasteiger charge is -2.33. The number of piperidine rings is 1. The molecule has 2 aliphatic heterocycles. The van der Waals surface area contributed by atoms with Crippen molar-refractivity contribution in [2.45, 2.75) is 38.1 Å². The highest BCUT2D eigenvalue weighted by atomic mass is 16.3. The Kier molecular flexibility index (Phi) is 5.34. The number of para-hydroxylation sites is 1. The summed E-state index contributed by atoms with van der Waals surface area (Å²) in [7, 11) is 0. The van der Waals surface area contributed by atoms with Crippen LogP contribution in [0.1, 0.15) is 54.0 Å². The molecule has 0 spiro atoms. The second-order valence-electron chi connectivity index (χ2n) is 9.26. The minimum absolute atomic E-state index is 0.00955. The van der Waals surface area contributed by atoms with Crippen molar-refractivity contribution in [2.24, 2.45) is 5.10 Å². The maximum atomic E-state index is 13.4. The molecule has 1 unspecified atom stereocenters. The number of nitrogens with zero attached hydrogens (tertiary/aromatic N) is 3. The predicted octanol–water partition coefficient (Wildman–Crippen LogP) is 5.22.